The van der Waals surface area contributed by atoms with Crippen LogP contribution < -0.4 is 10.0 Å². The van der Waals surface area contributed by atoms with Crippen molar-refractivity contribution in [1.29, 1.82) is 0 Å². The summed E-state index contributed by atoms with van der Waals surface area (Å²) in [6, 6.07) is 6.35. The largest absolute Gasteiger partial charge is 0.374 e. The van der Waals surface area contributed by atoms with Gasteiger partial charge in [-0.1, -0.05) is 17.3 Å². The number of nitrogens with one attached hydrogen (secondary N) is 3. The van der Waals surface area contributed by atoms with Crippen molar-refractivity contribution in [3.05, 3.63) is 30.1 Å². The zero-order valence-corrected chi connectivity index (χ0v) is 11.3. The molecule has 1 aromatic heterocycles. The summed E-state index contributed by atoms with van der Waals surface area (Å²) in [5.41, 5.74) is 0.481. The number of H-pyrrole nitrogens is 1. The molecule has 0 bridgehead atoms. The number of para-hydroxylation sites is 1. The van der Waals surface area contributed by atoms with E-state index in [-0.39, 0.29) is 10.9 Å². The topological polar surface area (TPSA) is 113 Å². The molecule has 0 aliphatic rings. The molecule has 0 fully saturated rings. The van der Waals surface area contributed by atoms with Crippen LogP contribution in [0.5, 0.6) is 0 Å². The first-order valence-electron chi connectivity index (χ1n) is 5.57. The maximum Gasteiger partial charge on any atom is 0.242 e. The molecule has 1 aromatic carbocycles. The molecule has 2 rings (SSSR count). The van der Waals surface area contributed by atoms with Crippen molar-refractivity contribution in [1.82, 2.24) is 25.3 Å². The van der Waals surface area contributed by atoms with E-state index in [1.807, 2.05) is 6.92 Å². The summed E-state index contributed by atoms with van der Waals surface area (Å²) in [5.74, 6) is 0.455. The van der Waals surface area contributed by atoms with E-state index in [0.29, 0.717) is 11.5 Å². The third kappa shape index (κ3) is 2.88. The monoisotopic (exact) mass is 282 g/mol. The highest BCUT2D eigenvalue weighted by Crippen LogP contribution is 2.23. The molecule has 9 heteroatoms. The minimum atomic E-state index is -3.52. The van der Waals surface area contributed by atoms with Gasteiger partial charge in [0, 0.05) is 0 Å². The SMILES string of the molecule is CNS(=O)(=O)c1ccccc1NC(C)c1nn[nH]n1. The molecular weight excluding hydrogens is 268 g/mol. The summed E-state index contributed by atoms with van der Waals surface area (Å²) < 4.78 is 26.1. The van der Waals surface area contributed by atoms with Gasteiger partial charge in [-0.15, -0.1) is 10.2 Å². The number of aromatic amines is 1. The predicted octanol–water partition coefficient (Wildman–Crippen LogP) is 0.281. The first kappa shape index (κ1) is 13.4. The molecule has 1 heterocycles. The molecular formula is C10H14N6O2S. The minimum Gasteiger partial charge on any atom is -0.374 e. The fourth-order valence-electron chi connectivity index (χ4n) is 1.58. The van der Waals surface area contributed by atoms with E-state index in [9.17, 15) is 8.42 Å². The van der Waals surface area contributed by atoms with E-state index < -0.39 is 10.0 Å². The average Bonchev–Trinajstić information content (AvgIpc) is 2.93. The van der Waals surface area contributed by atoms with Gasteiger partial charge in [-0.2, -0.15) is 5.21 Å². The number of sulfonamides is 1. The Morgan fingerprint density at radius 3 is 2.68 bits per heavy atom. The summed E-state index contributed by atoms with van der Waals surface area (Å²) in [4.78, 5) is 0.174. The number of aromatic nitrogens is 4. The molecule has 0 saturated carbocycles. The molecule has 0 aliphatic carbocycles. The molecule has 2 aromatic rings. The fourth-order valence-corrected chi connectivity index (χ4v) is 2.48. The van der Waals surface area contributed by atoms with Crippen molar-refractivity contribution in [3.8, 4) is 0 Å². The maximum absolute atomic E-state index is 11.9. The van der Waals surface area contributed by atoms with Gasteiger partial charge in [0.1, 0.15) is 4.90 Å². The average molecular weight is 282 g/mol. The normalized spacial score (nSPS) is 13.2. The Morgan fingerprint density at radius 2 is 2.05 bits per heavy atom. The molecule has 19 heavy (non-hydrogen) atoms. The van der Waals surface area contributed by atoms with Crippen LogP contribution in [-0.4, -0.2) is 36.1 Å². The van der Waals surface area contributed by atoms with Crippen LogP contribution in [0, 0.1) is 0 Å². The van der Waals surface area contributed by atoms with Gasteiger partial charge in [-0.05, 0) is 26.1 Å². The molecule has 0 radical (unpaired) electrons. The van der Waals surface area contributed by atoms with Gasteiger partial charge in [0.05, 0.1) is 11.7 Å². The molecule has 0 spiro atoms. The Kier molecular flexibility index (Phi) is 3.76. The predicted molar refractivity (Wildman–Crippen MR) is 68.9 cm³/mol. The molecule has 1 atom stereocenters. The number of nitrogens with zero attached hydrogens (tertiary/aromatic N) is 3. The van der Waals surface area contributed by atoms with Gasteiger partial charge in [-0.3, -0.25) is 0 Å². The second-order valence-electron chi connectivity index (χ2n) is 3.84. The number of rotatable bonds is 5. The molecule has 0 amide bonds. The van der Waals surface area contributed by atoms with Crippen molar-refractivity contribution in [2.75, 3.05) is 12.4 Å². The van der Waals surface area contributed by atoms with Crippen LogP contribution in [0.2, 0.25) is 0 Å². The lowest BCUT2D eigenvalue weighted by molar-refractivity contribution is 0.588. The number of hydrogen-bond acceptors (Lipinski definition) is 6. The van der Waals surface area contributed by atoms with Gasteiger partial charge in [0.15, 0.2) is 5.82 Å². The summed E-state index contributed by atoms with van der Waals surface area (Å²) in [6.07, 6.45) is 0. The molecule has 0 saturated heterocycles. The minimum absolute atomic E-state index is 0.174. The highest BCUT2D eigenvalue weighted by atomic mass is 32.2. The molecule has 1 unspecified atom stereocenters. The smallest absolute Gasteiger partial charge is 0.242 e. The van der Waals surface area contributed by atoms with E-state index in [4.69, 9.17) is 0 Å². The number of hydrogen-bond donors (Lipinski definition) is 3. The summed E-state index contributed by atoms with van der Waals surface area (Å²) in [7, 11) is -2.15. The number of benzene rings is 1. The summed E-state index contributed by atoms with van der Waals surface area (Å²) >= 11 is 0. The van der Waals surface area contributed by atoms with Crippen LogP contribution in [0.4, 0.5) is 5.69 Å². The third-order valence-electron chi connectivity index (χ3n) is 2.57. The van der Waals surface area contributed by atoms with Crippen molar-refractivity contribution >= 4 is 15.7 Å². The van der Waals surface area contributed by atoms with Crippen LogP contribution in [0.1, 0.15) is 18.8 Å². The van der Waals surface area contributed by atoms with Crippen molar-refractivity contribution in [2.24, 2.45) is 0 Å². The zero-order valence-electron chi connectivity index (χ0n) is 10.5. The zero-order chi connectivity index (χ0) is 13.9. The van der Waals surface area contributed by atoms with E-state index >= 15 is 0 Å². The third-order valence-corrected chi connectivity index (χ3v) is 4.04. The quantitative estimate of drug-likeness (QED) is 0.726. The molecule has 0 aliphatic heterocycles. The van der Waals surface area contributed by atoms with Crippen molar-refractivity contribution in [2.45, 2.75) is 17.9 Å². The first-order chi connectivity index (χ1) is 9.04. The Hall–Kier alpha value is -2.00. The lowest BCUT2D eigenvalue weighted by atomic mass is 10.2. The second kappa shape index (κ2) is 5.33. The first-order valence-corrected chi connectivity index (χ1v) is 7.05. The molecule has 102 valence electrons. The van der Waals surface area contributed by atoms with Crippen molar-refractivity contribution < 1.29 is 8.42 Å². The van der Waals surface area contributed by atoms with E-state index in [0.717, 1.165) is 0 Å². The molecule has 8 nitrogen and oxygen atoms in total. The van der Waals surface area contributed by atoms with Crippen LogP contribution in [0.15, 0.2) is 29.2 Å². The molecule has 3 N–H and O–H groups in total. The Labute approximate surface area is 110 Å². The van der Waals surface area contributed by atoms with Gasteiger partial charge in [0.25, 0.3) is 0 Å². The summed E-state index contributed by atoms with van der Waals surface area (Å²) in [5, 5.41) is 16.6. The van der Waals surface area contributed by atoms with Crippen LogP contribution >= 0.6 is 0 Å². The van der Waals surface area contributed by atoms with E-state index in [2.05, 4.69) is 30.7 Å². The van der Waals surface area contributed by atoms with Crippen molar-refractivity contribution in [3.63, 3.8) is 0 Å². The second-order valence-corrected chi connectivity index (χ2v) is 5.69. The van der Waals surface area contributed by atoms with Gasteiger partial charge < -0.3 is 5.32 Å². The van der Waals surface area contributed by atoms with Gasteiger partial charge in [0.2, 0.25) is 10.0 Å². The Morgan fingerprint density at radius 1 is 1.32 bits per heavy atom. The highest BCUT2D eigenvalue weighted by Gasteiger charge is 2.18. The van der Waals surface area contributed by atoms with Gasteiger partial charge in [-0.25, -0.2) is 13.1 Å². The number of tetrazole rings is 1. The Bertz CT molecular complexity index is 640. The van der Waals surface area contributed by atoms with Crippen LogP contribution in [0.25, 0.3) is 0 Å². The summed E-state index contributed by atoms with van der Waals surface area (Å²) in [6.45, 7) is 1.81. The van der Waals surface area contributed by atoms with Crippen LogP contribution in [-0.2, 0) is 10.0 Å². The van der Waals surface area contributed by atoms with Crippen LogP contribution in [0.3, 0.4) is 0 Å². The standard InChI is InChI=1S/C10H14N6O2S/c1-7(10-13-15-16-14-10)12-8-5-3-4-6-9(8)19(17,18)11-2/h3-7,11-12H,1-2H3,(H,13,14,15,16). The highest BCUT2D eigenvalue weighted by molar-refractivity contribution is 7.89. The number of anilines is 1. The van der Waals surface area contributed by atoms with Gasteiger partial charge >= 0.3 is 0 Å². The Balaban J connectivity index is 2.31. The fraction of sp³-hybridized carbons (Fsp3) is 0.300. The van der Waals surface area contributed by atoms with E-state index in [1.54, 1.807) is 18.2 Å². The lowest BCUT2D eigenvalue weighted by Crippen LogP contribution is -2.21. The van der Waals surface area contributed by atoms with E-state index in [1.165, 1.54) is 13.1 Å². The maximum atomic E-state index is 11.9. The lowest BCUT2D eigenvalue weighted by Gasteiger charge is -2.15.